The van der Waals surface area contributed by atoms with E-state index in [1.54, 1.807) is 35.1 Å². The largest absolute Gasteiger partial charge is 0.375 e. The van der Waals surface area contributed by atoms with E-state index < -0.39 is 0 Å². The van der Waals surface area contributed by atoms with Crippen molar-refractivity contribution in [2.45, 2.75) is 19.8 Å². The van der Waals surface area contributed by atoms with Crippen LogP contribution in [0.4, 0.5) is 10.1 Å². The zero-order valence-electron chi connectivity index (χ0n) is 14.1. The fraction of sp³-hybridized carbons (Fsp3) is 0.200. The van der Waals surface area contributed by atoms with Gasteiger partial charge in [-0.15, -0.1) is 0 Å². The van der Waals surface area contributed by atoms with Crippen LogP contribution in [0.5, 0.6) is 0 Å². The van der Waals surface area contributed by atoms with E-state index in [0.717, 1.165) is 29.9 Å². The molecule has 0 aliphatic heterocycles. The number of benzene rings is 2. The van der Waals surface area contributed by atoms with Crippen LogP contribution >= 0.6 is 0 Å². The lowest BCUT2D eigenvalue weighted by atomic mass is 10.1. The molecule has 0 aliphatic carbocycles. The van der Waals surface area contributed by atoms with Crippen LogP contribution in [0, 0.1) is 5.82 Å². The molecule has 0 saturated heterocycles. The molecule has 1 heterocycles. The van der Waals surface area contributed by atoms with Crippen molar-refractivity contribution >= 4 is 11.5 Å². The van der Waals surface area contributed by atoms with Gasteiger partial charge in [0.15, 0.2) is 5.78 Å². The van der Waals surface area contributed by atoms with Crippen molar-refractivity contribution < 1.29 is 9.18 Å². The number of Topliss-reactive ketones (excluding diaryl/α,β-unsaturated/α-hetero) is 1. The highest BCUT2D eigenvalue weighted by Gasteiger charge is 2.13. The Morgan fingerprint density at radius 2 is 1.84 bits per heavy atom. The van der Waals surface area contributed by atoms with E-state index in [-0.39, 0.29) is 18.1 Å². The Hall–Kier alpha value is -2.95. The van der Waals surface area contributed by atoms with Crippen molar-refractivity contribution in [2.75, 3.05) is 11.9 Å². The summed E-state index contributed by atoms with van der Waals surface area (Å²) in [6.07, 6.45) is 3.46. The SMILES string of the molecule is CCCc1c(NCC(=O)c2ccccc2)cnn1-c1ccc(F)cc1. The summed E-state index contributed by atoms with van der Waals surface area (Å²) in [7, 11) is 0. The first-order chi connectivity index (χ1) is 12.2. The van der Waals surface area contributed by atoms with Gasteiger partial charge < -0.3 is 5.32 Å². The van der Waals surface area contributed by atoms with Gasteiger partial charge in [-0.3, -0.25) is 4.79 Å². The third kappa shape index (κ3) is 3.94. The van der Waals surface area contributed by atoms with Gasteiger partial charge in [-0.1, -0.05) is 43.7 Å². The minimum Gasteiger partial charge on any atom is -0.375 e. The molecule has 1 aromatic heterocycles. The maximum Gasteiger partial charge on any atom is 0.181 e. The standard InChI is InChI=1S/C20H20FN3O/c1-2-6-19-18(22-14-20(25)15-7-4-3-5-8-15)13-23-24(19)17-11-9-16(21)10-12-17/h3-5,7-13,22H,2,6,14H2,1H3. The molecule has 0 radical (unpaired) electrons. The van der Waals surface area contributed by atoms with Crippen LogP contribution in [0.25, 0.3) is 5.69 Å². The monoisotopic (exact) mass is 337 g/mol. The summed E-state index contributed by atoms with van der Waals surface area (Å²) < 4.78 is 14.9. The van der Waals surface area contributed by atoms with Gasteiger partial charge in [0.1, 0.15) is 5.82 Å². The Morgan fingerprint density at radius 1 is 1.12 bits per heavy atom. The third-order valence-corrected chi connectivity index (χ3v) is 3.96. The quantitative estimate of drug-likeness (QED) is 0.655. The Kier molecular flexibility index (Phi) is 5.23. The van der Waals surface area contributed by atoms with Crippen molar-refractivity contribution in [1.82, 2.24) is 9.78 Å². The summed E-state index contributed by atoms with van der Waals surface area (Å²) in [6, 6.07) is 15.4. The van der Waals surface area contributed by atoms with Gasteiger partial charge >= 0.3 is 0 Å². The average Bonchev–Trinajstić information content (AvgIpc) is 3.04. The lowest BCUT2D eigenvalue weighted by Crippen LogP contribution is -2.15. The molecule has 0 atom stereocenters. The maximum absolute atomic E-state index is 13.1. The van der Waals surface area contributed by atoms with Gasteiger partial charge in [-0.05, 0) is 30.7 Å². The number of aromatic nitrogens is 2. The smallest absolute Gasteiger partial charge is 0.181 e. The van der Waals surface area contributed by atoms with E-state index >= 15 is 0 Å². The molecule has 0 spiro atoms. The van der Waals surface area contributed by atoms with Crippen LogP contribution in [0.15, 0.2) is 60.8 Å². The molecular weight excluding hydrogens is 317 g/mol. The van der Waals surface area contributed by atoms with Gasteiger partial charge in [-0.2, -0.15) is 5.10 Å². The van der Waals surface area contributed by atoms with Gasteiger partial charge in [0, 0.05) is 5.56 Å². The normalized spacial score (nSPS) is 10.6. The highest BCUT2D eigenvalue weighted by Crippen LogP contribution is 2.21. The number of ketones is 1. The van der Waals surface area contributed by atoms with Crippen LogP contribution in [0.2, 0.25) is 0 Å². The number of carbonyl (C=O) groups excluding carboxylic acids is 1. The summed E-state index contributed by atoms with van der Waals surface area (Å²) >= 11 is 0. The number of rotatable bonds is 7. The number of anilines is 1. The minimum atomic E-state index is -0.278. The molecular formula is C20H20FN3O. The minimum absolute atomic E-state index is 0.0255. The predicted molar refractivity (Wildman–Crippen MR) is 96.8 cm³/mol. The van der Waals surface area contributed by atoms with Crippen molar-refractivity contribution in [3.05, 3.63) is 77.9 Å². The Morgan fingerprint density at radius 3 is 2.52 bits per heavy atom. The molecule has 0 aliphatic rings. The van der Waals surface area contributed by atoms with Crippen LogP contribution in [0.1, 0.15) is 29.4 Å². The van der Waals surface area contributed by atoms with Gasteiger partial charge in [0.25, 0.3) is 0 Å². The lowest BCUT2D eigenvalue weighted by Gasteiger charge is -2.10. The van der Waals surface area contributed by atoms with Crippen molar-refractivity contribution in [2.24, 2.45) is 0 Å². The van der Waals surface area contributed by atoms with E-state index in [4.69, 9.17) is 0 Å². The van der Waals surface area contributed by atoms with E-state index in [1.807, 2.05) is 18.2 Å². The van der Waals surface area contributed by atoms with Crippen molar-refractivity contribution in [1.29, 1.82) is 0 Å². The molecule has 3 aromatic rings. The van der Waals surface area contributed by atoms with E-state index in [1.165, 1.54) is 12.1 Å². The summed E-state index contributed by atoms with van der Waals surface area (Å²) in [6.45, 7) is 2.29. The maximum atomic E-state index is 13.1. The Bertz CT molecular complexity index is 841. The Balaban J connectivity index is 1.79. The molecule has 0 amide bonds. The average molecular weight is 337 g/mol. The summed E-state index contributed by atoms with van der Waals surface area (Å²) in [5.41, 5.74) is 3.29. The van der Waals surface area contributed by atoms with Crippen LogP contribution in [-0.2, 0) is 6.42 Å². The molecule has 0 unspecified atom stereocenters. The number of halogens is 1. The van der Waals surface area contributed by atoms with E-state index in [9.17, 15) is 9.18 Å². The number of carbonyl (C=O) groups is 1. The lowest BCUT2D eigenvalue weighted by molar-refractivity contribution is 0.101. The molecule has 1 N–H and O–H groups in total. The van der Waals surface area contributed by atoms with Crippen LogP contribution in [-0.4, -0.2) is 22.1 Å². The topological polar surface area (TPSA) is 46.9 Å². The van der Waals surface area contributed by atoms with E-state index in [2.05, 4.69) is 17.3 Å². The fourth-order valence-corrected chi connectivity index (χ4v) is 2.71. The first-order valence-corrected chi connectivity index (χ1v) is 8.34. The third-order valence-electron chi connectivity index (χ3n) is 3.96. The summed E-state index contributed by atoms with van der Waals surface area (Å²) in [4.78, 5) is 12.3. The fourth-order valence-electron chi connectivity index (χ4n) is 2.71. The molecule has 0 fully saturated rings. The van der Waals surface area contributed by atoms with Crippen LogP contribution < -0.4 is 5.32 Å². The number of nitrogens with zero attached hydrogens (tertiary/aromatic N) is 2. The molecule has 0 bridgehead atoms. The first kappa shape index (κ1) is 16.9. The molecule has 2 aromatic carbocycles. The van der Waals surface area contributed by atoms with Gasteiger partial charge in [0.2, 0.25) is 0 Å². The Labute approximate surface area is 146 Å². The van der Waals surface area contributed by atoms with Crippen molar-refractivity contribution in [3.63, 3.8) is 0 Å². The van der Waals surface area contributed by atoms with E-state index in [0.29, 0.717) is 5.56 Å². The zero-order valence-corrected chi connectivity index (χ0v) is 14.1. The molecule has 128 valence electrons. The highest BCUT2D eigenvalue weighted by molar-refractivity contribution is 5.98. The van der Waals surface area contributed by atoms with Crippen molar-refractivity contribution in [3.8, 4) is 5.69 Å². The van der Waals surface area contributed by atoms with Crippen LogP contribution in [0.3, 0.4) is 0 Å². The number of nitrogens with one attached hydrogen (secondary N) is 1. The second kappa shape index (κ2) is 7.75. The molecule has 5 heteroatoms. The second-order valence-corrected chi connectivity index (χ2v) is 5.79. The first-order valence-electron chi connectivity index (χ1n) is 8.34. The zero-order chi connectivity index (χ0) is 17.6. The second-order valence-electron chi connectivity index (χ2n) is 5.79. The molecule has 25 heavy (non-hydrogen) atoms. The number of hydrogen-bond donors (Lipinski definition) is 1. The van der Waals surface area contributed by atoms with Gasteiger partial charge in [0.05, 0.1) is 29.8 Å². The molecule has 4 nitrogen and oxygen atoms in total. The van der Waals surface area contributed by atoms with Gasteiger partial charge in [-0.25, -0.2) is 9.07 Å². The molecule has 3 rings (SSSR count). The predicted octanol–water partition coefficient (Wildman–Crippen LogP) is 4.26. The summed E-state index contributed by atoms with van der Waals surface area (Å²) in [5, 5.41) is 7.60. The highest BCUT2D eigenvalue weighted by atomic mass is 19.1. The number of hydrogen-bond acceptors (Lipinski definition) is 3. The molecule has 0 saturated carbocycles. The summed E-state index contributed by atoms with van der Waals surface area (Å²) in [5.74, 6) is -0.252.